The molecule has 1 aliphatic heterocycles. The molecule has 0 radical (unpaired) electrons. The Morgan fingerprint density at radius 3 is 2.33 bits per heavy atom. The number of aromatic nitrogens is 3. The summed E-state index contributed by atoms with van der Waals surface area (Å²) in [7, 11) is 0. The maximum absolute atomic E-state index is 4.36. The van der Waals surface area contributed by atoms with Gasteiger partial charge in [-0.25, -0.2) is 4.98 Å². The van der Waals surface area contributed by atoms with Crippen molar-refractivity contribution >= 4 is 0 Å². The van der Waals surface area contributed by atoms with E-state index in [1.807, 2.05) is 20.2 Å². The number of piperidine rings is 1. The third-order valence-electron chi connectivity index (χ3n) is 5.26. The first-order valence-corrected chi connectivity index (χ1v) is 8.92. The molecule has 1 aliphatic carbocycles. The predicted molar refractivity (Wildman–Crippen MR) is 87.1 cm³/mol. The molecule has 2 fully saturated rings. The Kier molecular flexibility index (Phi) is 6.68. The van der Waals surface area contributed by atoms with Gasteiger partial charge in [0.25, 0.3) is 0 Å². The lowest BCUT2D eigenvalue weighted by molar-refractivity contribution is 0.0657. The molecule has 0 unspecified atom stereocenters. The van der Waals surface area contributed by atoms with Gasteiger partial charge in [-0.3, -0.25) is 4.68 Å². The summed E-state index contributed by atoms with van der Waals surface area (Å²) in [4.78, 5) is 4.12. The Hall–Kier alpha value is -0.900. The summed E-state index contributed by atoms with van der Waals surface area (Å²) in [6, 6.07) is 0. The highest BCUT2D eigenvalue weighted by Crippen LogP contribution is 2.45. The van der Waals surface area contributed by atoms with Gasteiger partial charge in [0.1, 0.15) is 12.7 Å². The van der Waals surface area contributed by atoms with E-state index in [-0.39, 0.29) is 0 Å². The fraction of sp³-hybridized carbons (Fsp3) is 0.882. The molecule has 0 atom stereocenters. The molecule has 4 heteroatoms. The fourth-order valence-corrected chi connectivity index (χ4v) is 4.15. The van der Waals surface area contributed by atoms with Crippen molar-refractivity contribution in [2.45, 2.75) is 71.8 Å². The minimum atomic E-state index is 0.462. The Morgan fingerprint density at radius 2 is 1.76 bits per heavy atom. The Labute approximate surface area is 129 Å². The lowest BCUT2D eigenvalue weighted by Gasteiger charge is -2.44. The predicted octanol–water partition coefficient (Wildman–Crippen LogP) is 3.64. The summed E-state index contributed by atoms with van der Waals surface area (Å²) in [6.45, 7) is 7.41. The van der Waals surface area contributed by atoms with Crippen molar-refractivity contribution in [1.82, 2.24) is 20.1 Å². The van der Waals surface area contributed by atoms with E-state index in [2.05, 4.69) is 20.1 Å². The normalized spacial score (nSPS) is 23.0. The second-order valence-corrected chi connectivity index (χ2v) is 6.39. The van der Waals surface area contributed by atoms with Crippen molar-refractivity contribution in [2.24, 2.45) is 11.3 Å². The van der Waals surface area contributed by atoms with Crippen LogP contribution in [0.2, 0.25) is 0 Å². The van der Waals surface area contributed by atoms with E-state index in [0.717, 1.165) is 12.5 Å². The molecule has 2 aliphatic rings. The first-order chi connectivity index (χ1) is 10.4. The molecule has 1 aromatic heterocycles. The van der Waals surface area contributed by atoms with Crippen molar-refractivity contribution in [3.63, 3.8) is 0 Å². The number of nitrogens with zero attached hydrogens (tertiary/aromatic N) is 3. The van der Waals surface area contributed by atoms with E-state index in [4.69, 9.17) is 0 Å². The molecule has 21 heavy (non-hydrogen) atoms. The third-order valence-corrected chi connectivity index (χ3v) is 5.26. The van der Waals surface area contributed by atoms with Crippen molar-refractivity contribution in [3.05, 3.63) is 12.7 Å². The van der Waals surface area contributed by atoms with Gasteiger partial charge >= 0.3 is 0 Å². The van der Waals surface area contributed by atoms with E-state index < -0.39 is 0 Å². The molecule has 1 saturated heterocycles. The number of nitrogens with one attached hydrogen (secondary N) is 1. The van der Waals surface area contributed by atoms with Crippen LogP contribution in [0.1, 0.15) is 65.2 Å². The molecule has 0 spiro atoms. The quantitative estimate of drug-likeness (QED) is 0.865. The number of hydrogen-bond acceptors (Lipinski definition) is 3. The van der Waals surface area contributed by atoms with Crippen molar-refractivity contribution in [1.29, 1.82) is 0 Å². The molecule has 120 valence electrons. The van der Waals surface area contributed by atoms with Crippen LogP contribution in [0.25, 0.3) is 0 Å². The lowest BCUT2D eigenvalue weighted by atomic mass is 9.66. The zero-order valence-electron chi connectivity index (χ0n) is 13.9. The maximum atomic E-state index is 4.36. The molecular formula is C17H32N4. The van der Waals surface area contributed by atoms with Crippen LogP contribution < -0.4 is 5.32 Å². The molecule has 1 saturated carbocycles. The van der Waals surface area contributed by atoms with Crippen LogP contribution in [-0.4, -0.2) is 27.9 Å². The highest BCUT2D eigenvalue weighted by atomic mass is 15.3. The standard InChI is InChI=1S/C15H26N4.C2H6/c1-2-4-6-14(5-3-1)15(7-9-16-10-8-15)11-19-13-17-12-18-19;1-2/h12-14,16H,1-11H2;1-2H3. The summed E-state index contributed by atoms with van der Waals surface area (Å²) in [5.74, 6) is 0.890. The summed E-state index contributed by atoms with van der Waals surface area (Å²) in [6.07, 6.45) is 14.7. The van der Waals surface area contributed by atoms with Crippen LogP contribution in [0.4, 0.5) is 0 Å². The Morgan fingerprint density at radius 1 is 1.10 bits per heavy atom. The van der Waals surface area contributed by atoms with Crippen molar-refractivity contribution < 1.29 is 0 Å². The van der Waals surface area contributed by atoms with Gasteiger partial charge in [0, 0.05) is 6.54 Å². The minimum absolute atomic E-state index is 0.462. The number of rotatable bonds is 3. The summed E-state index contributed by atoms with van der Waals surface area (Å²) < 4.78 is 2.07. The van der Waals surface area contributed by atoms with Crippen LogP contribution in [0.15, 0.2) is 12.7 Å². The zero-order chi connectivity index (χ0) is 15.0. The summed E-state index contributed by atoms with van der Waals surface area (Å²) in [5.41, 5.74) is 0.462. The van der Waals surface area contributed by atoms with Crippen LogP contribution in [0, 0.1) is 11.3 Å². The first-order valence-electron chi connectivity index (χ1n) is 8.92. The summed E-state index contributed by atoms with van der Waals surface area (Å²) in [5, 5.41) is 7.89. The van der Waals surface area contributed by atoms with E-state index >= 15 is 0 Å². The lowest BCUT2D eigenvalue weighted by Crippen LogP contribution is -2.44. The van der Waals surface area contributed by atoms with E-state index in [9.17, 15) is 0 Å². The second-order valence-electron chi connectivity index (χ2n) is 6.39. The third kappa shape index (κ3) is 4.29. The Bertz CT molecular complexity index is 360. The van der Waals surface area contributed by atoms with Gasteiger partial charge in [-0.2, -0.15) is 5.10 Å². The molecule has 0 bridgehead atoms. The van der Waals surface area contributed by atoms with Gasteiger partial charge in [-0.1, -0.05) is 39.5 Å². The Balaban J connectivity index is 0.000000774. The van der Waals surface area contributed by atoms with Gasteiger partial charge in [-0.15, -0.1) is 0 Å². The second kappa shape index (κ2) is 8.52. The molecule has 2 heterocycles. The topological polar surface area (TPSA) is 42.7 Å². The largest absolute Gasteiger partial charge is 0.317 e. The minimum Gasteiger partial charge on any atom is -0.317 e. The SMILES string of the molecule is CC.c1ncn(CC2(C3CCCCCC3)CCNCC2)n1. The van der Waals surface area contributed by atoms with Gasteiger partial charge in [0.05, 0.1) is 0 Å². The average Bonchev–Trinajstić information content (AvgIpc) is 2.89. The smallest absolute Gasteiger partial charge is 0.137 e. The molecular weight excluding hydrogens is 260 g/mol. The zero-order valence-corrected chi connectivity index (χ0v) is 13.9. The van der Waals surface area contributed by atoms with Crippen molar-refractivity contribution in [2.75, 3.05) is 13.1 Å². The van der Waals surface area contributed by atoms with Crippen LogP contribution in [0.5, 0.6) is 0 Å². The molecule has 0 aromatic carbocycles. The van der Waals surface area contributed by atoms with Gasteiger partial charge in [0.2, 0.25) is 0 Å². The van der Waals surface area contributed by atoms with Crippen LogP contribution >= 0.6 is 0 Å². The first kappa shape index (κ1) is 16.5. The van der Waals surface area contributed by atoms with Crippen LogP contribution in [-0.2, 0) is 6.54 Å². The maximum Gasteiger partial charge on any atom is 0.137 e. The van der Waals surface area contributed by atoms with E-state index in [1.165, 1.54) is 64.5 Å². The average molecular weight is 292 g/mol. The summed E-state index contributed by atoms with van der Waals surface area (Å²) >= 11 is 0. The highest BCUT2D eigenvalue weighted by molar-refractivity contribution is 4.91. The van der Waals surface area contributed by atoms with E-state index in [0.29, 0.717) is 5.41 Å². The molecule has 4 nitrogen and oxygen atoms in total. The molecule has 0 amide bonds. The fourth-order valence-electron chi connectivity index (χ4n) is 4.15. The molecule has 1 aromatic rings. The monoisotopic (exact) mass is 292 g/mol. The van der Waals surface area contributed by atoms with Gasteiger partial charge in [0.15, 0.2) is 0 Å². The van der Waals surface area contributed by atoms with Crippen LogP contribution in [0.3, 0.4) is 0 Å². The van der Waals surface area contributed by atoms with Gasteiger partial charge < -0.3 is 5.32 Å². The number of hydrogen-bond donors (Lipinski definition) is 1. The molecule has 1 N–H and O–H groups in total. The van der Waals surface area contributed by atoms with E-state index in [1.54, 1.807) is 6.33 Å². The molecule has 3 rings (SSSR count). The van der Waals surface area contributed by atoms with Gasteiger partial charge in [-0.05, 0) is 50.1 Å². The van der Waals surface area contributed by atoms with Crippen molar-refractivity contribution in [3.8, 4) is 0 Å². The highest BCUT2D eigenvalue weighted by Gasteiger charge is 2.40.